The van der Waals surface area contributed by atoms with Gasteiger partial charge in [-0.3, -0.25) is 4.99 Å². The summed E-state index contributed by atoms with van der Waals surface area (Å²) in [5.41, 5.74) is 0.909. The number of ether oxygens (including phenoxy) is 1. The molecule has 1 N–H and O–H groups in total. The van der Waals surface area contributed by atoms with Gasteiger partial charge in [-0.15, -0.1) is 0 Å². The van der Waals surface area contributed by atoms with Crippen LogP contribution in [0, 0.1) is 5.82 Å². The van der Waals surface area contributed by atoms with Crippen molar-refractivity contribution in [2.75, 3.05) is 34.4 Å². The molecule has 0 amide bonds. The molecule has 0 saturated heterocycles. The molecule has 5 heteroatoms. The molecule has 0 aliphatic carbocycles. The Balaban J connectivity index is 2.54. The van der Waals surface area contributed by atoms with Crippen molar-refractivity contribution in [3.05, 3.63) is 35.6 Å². The van der Waals surface area contributed by atoms with E-state index in [1.54, 1.807) is 20.2 Å². The van der Waals surface area contributed by atoms with E-state index in [0.29, 0.717) is 19.7 Å². The van der Waals surface area contributed by atoms with Gasteiger partial charge >= 0.3 is 0 Å². The van der Waals surface area contributed by atoms with Crippen LogP contribution in [-0.2, 0) is 11.3 Å². The Morgan fingerprint density at radius 3 is 2.89 bits per heavy atom. The molecule has 4 nitrogen and oxygen atoms in total. The van der Waals surface area contributed by atoms with E-state index in [0.717, 1.165) is 11.5 Å². The Bertz CT molecular complexity index is 396. The maximum absolute atomic E-state index is 13.1. The Morgan fingerprint density at radius 2 is 2.28 bits per heavy atom. The van der Waals surface area contributed by atoms with Crippen molar-refractivity contribution in [1.29, 1.82) is 0 Å². The maximum atomic E-state index is 13.1. The van der Waals surface area contributed by atoms with Crippen LogP contribution in [0.1, 0.15) is 5.56 Å². The second kappa shape index (κ2) is 7.66. The van der Waals surface area contributed by atoms with E-state index < -0.39 is 0 Å². The number of rotatable bonds is 5. The Hall–Kier alpha value is -1.62. The van der Waals surface area contributed by atoms with Crippen LogP contribution < -0.4 is 5.32 Å². The van der Waals surface area contributed by atoms with Crippen LogP contribution in [0.2, 0.25) is 0 Å². The standard InChI is InChI=1S/C13H20FN3O/c1-15-13(16-7-8-18-3)17(2)10-11-5-4-6-12(14)9-11/h4-6,9H,7-8,10H2,1-3H3,(H,15,16). The molecule has 1 aromatic carbocycles. The number of benzene rings is 1. The summed E-state index contributed by atoms with van der Waals surface area (Å²) < 4.78 is 18.0. The third-order valence-corrected chi connectivity index (χ3v) is 2.47. The third kappa shape index (κ3) is 4.71. The van der Waals surface area contributed by atoms with Gasteiger partial charge in [-0.1, -0.05) is 12.1 Å². The average molecular weight is 253 g/mol. The molecular formula is C13H20FN3O. The summed E-state index contributed by atoms with van der Waals surface area (Å²) in [6, 6.07) is 6.57. The summed E-state index contributed by atoms with van der Waals surface area (Å²) in [5, 5.41) is 3.16. The van der Waals surface area contributed by atoms with E-state index in [-0.39, 0.29) is 5.82 Å². The van der Waals surface area contributed by atoms with E-state index in [9.17, 15) is 4.39 Å². The number of hydrogen-bond acceptors (Lipinski definition) is 2. The highest BCUT2D eigenvalue weighted by molar-refractivity contribution is 5.79. The van der Waals surface area contributed by atoms with Gasteiger partial charge in [-0.05, 0) is 17.7 Å². The molecule has 100 valence electrons. The summed E-state index contributed by atoms with van der Waals surface area (Å²) in [5.74, 6) is 0.541. The molecule has 0 bridgehead atoms. The highest BCUT2D eigenvalue weighted by Crippen LogP contribution is 2.06. The Kier molecular flexibility index (Phi) is 6.14. The van der Waals surface area contributed by atoms with Crippen molar-refractivity contribution in [3.8, 4) is 0 Å². The number of halogens is 1. The molecule has 0 fully saturated rings. The monoisotopic (exact) mass is 253 g/mol. The van der Waals surface area contributed by atoms with Crippen LogP contribution in [0.5, 0.6) is 0 Å². The Labute approximate surface area is 107 Å². The molecule has 0 aliphatic rings. The zero-order chi connectivity index (χ0) is 13.4. The summed E-state index contributed by atoms with van der Waals surface area (Å²) in [4.78, 5) is 6.10. The van der Waals surface area contributed by atoms with Gasteiger partial charge in [0.1, 0.15) is 5.82 Å². The lowest BCUT2D eigenvalue weighted by atomic mass is 10.2. The number of guanidine groups is 1. The molecular weight excluding hydrogens is 233 g/mol. The fourth-order valence-corrected chi connectivity index (χ4v) is 1.63. The van der Waals surface area contributed by atoms with Crippen molar-refractivity contribution in [2.24, 2.45) is 4.99 Å². The van der Waals surface area contributed by atoms with Crippen LogP contribution in [0.25, 0.3) is 0 Å². The Morgan fingerprint density at radius 1 is 1.50 bits per heavy atom. The average Bonchev–Trinajstić information content (AvgIpc) is 2.34. The second-order valence-electron chi connectivity index (χ2n) is 3.95. The van der Waals surface area contributed by atoms with Gasteiger partial charge < -0.3 is 15.0 Å². The first-order valence-electron chi connectivity index (χ1n) is 5.82. The van der Waals surface area contributed by atoms with Crippen LogP contribution in [0.4, 0.5) is 4.39 Å². The van der Waals surface area contributed by atoms with Gasteiger partial charge in [0.05, 0.1) is 6.61 Å². The lowest BCUT2D eigenvalue weighted by Gasteiger charge is -2.22. The third-order valence-electron chi connectivity index (χ3n) is 2.47. The van der Waals surface area contributed by atoms with Crippen LogP contribution in [0.3, 0.4) is 0 Å². The molecule has 0 unspecified atom stereocenters. The highest BCUT2D eigenvalue weighted by Gasteiger charge is 2.06. The SMILES string of the molecule is CN=C(NCCOC)N(C)Cc1cccc(F)c1. The summed E-state index contributed by atoms with van der Waals surface area (Å²) >= 11 is 0. The summed E-state index contributed by atoms with van der Waals surface area (Å²) in [6.45, 7) is 1.91. The van der Waals surface area contributed by atoms with Crippen molar-refractivity contribution in [3.63, 3.8) is 0 Å². The van der Waals surface area contributed by atoms with Gasteiger partial charge in [0.2, 0.25) is 0 Å². The largest absolute Gasteiger partial charge is 0.383 e. The van der Waals surface area contributed by atoms with Crippen LogP contribution in [0.15, 0.2) is 29.3 Å². The first kappa shape index (κ1) is 14.4. The fourth-order valence-electron chi connectivity index (χ4n) is 1.63. The van der Waals surface area contributed by atoms with Crippen molar-refractivity contribution >= 4 is 5.96 Å². The maximum Gasteiger partial charge on any atom is 0.193 e. The van der Waals surface area contributed by atoms with Gasteiger partial charge in [0.25, 0.3) is 0 Å². The molecule has 0 heterocycles. The molecule has 0 spiro atoms. The second-order valence-corrected chi connectivity index (χ2v) is 3.95. The fraction of sp³-hybridized carbons (Fsp3) is 0.462. The zero-order valence-electron chi connectivity index (χ0n) is 11.1. The number of nitrogens with zero attached hydrogens (tertiary/aromatic N) is 2. The van der Waals surface area contributed by atoms with E-state index >= 15 is 0 Å². The van der Waals surface area contributed by atoms with E-state index in [1.807, 2.05) is 18.0 Å². The van der Waals surface area contributed by atoms with Gasteiger partial charge in [-0.25, -0.2) is 4.39 Å². The van der Waals surface area contributed by atoms with E-state index in [4.69, 9.17) is 4.74 Å². The smallest absolute Gasteiger partial charge is 0.193 e. The first-order valence-corrected chi connectivity index (χ1v) is 5.82. The number of aliphatic imine (C=N–C) groups is 1. The van der Waals surface area contributed by atoms with Crippen molar-refractivity contribution in [2.45, 2.75) is 6.54 Å². The minimum atomic E-state index is -0.219. The van der Waals surface area contributed by atoms with Crippen molar-refractivity contribution in [1.82, 2.24) is 10.2 Å². The zero-order valence-corrected chi connectivity index (χ0v) is 11.1. The summed E-state index contributed by atoms with van der Waals surface area (Å²) in [6.07, 6.45) is 0. The molecule has 0 saturated carbocycles. The van der Waals surface area contributed by atoms with Gasteiger partial charge in [0.15, 0.2) is 5.96 Å². The number of methoxy groups -OCH3 is 1. The topological polar surface area (TPSA) is 36.9 Å². The molecule has 0 radical (unpaired) electrons. The van der Waals surface area contributed by atoms with Crippen LogP contribution >= 0.6 is 0 Å². The van der Waals surface area contributed by atoms with Gasteiger partial charge in [0, 0.05) is 34.3 Å². The molecule has 0 aliphatic heterocycles. The molecule has 1 rings (SSSR count). The molecule has 0 aromatic heterocycles. The lowest BCUT2D eigenvalue weighted by Crippen LogP contribution is -2.39. The molecule has 0 atom stereocenters. The van der Waals surface area contributed by atoms with Crippen LogP contribution in [-0.4, -0.2) is 45.2 Å². The lowest BCUT2D eigenvalue weighted by molar-refractivity contribution is 0.203. The summed E-state index contributed by atoms with van der Waals surface area (Å²) in [7, 11) is 5.28. The minimum absolute atomic E-state index is 0.219. The van der Waals surface area contributed by atoms with Gasteiger partial charge in [-0.2, -0.15) is 0 Å². The van der Waals surface area contributed by atoms with E-state index in [1.165, 1.54) is 12.1 Å². The van der Waals surface area contributed by atoms with Crippen molar-refractivity contribution < 1.29 is 9.13 Å². The highest BCUT2D eigenvalue weighted by atomic mass is 19.1. The quantitative estimate of drug-likeness (QED) is 0.490. The number of hydrogen-bond donors (Lipinski definition) is 1. The molecule has 1 aromatic rings. The minimum Gasteiger partial charge on any atom is -0.383 e. The molecule has 18 heavy (non-hydrogen) atoms. The first-order chi connectivity index (χ1) is 8.67. The predicted octanol–water partition coefficient (Wildman–Crippen LogP) is 1.48. The normalized spacial score (nSPS) is 11.4. The predicted molar refractivity (Wildman–Crippen MR) is 71.1 cm³/mol. The number of nitrogens with one attached hydrogen (secondary N) is 1. The van der Waals surface area contributed by atoms with E-state index in [2.05, 4.69) is 10.3 Å².